The molecule has 0 unspecified atom stereocenters. The number of hydrogen-bond donors (Lipinski definition) is 1. The normalized spacial score (nSPS) is 10.7. The number of carbonyl (C=O) groups excluding carboxylic acids is 1. The SMILES string of the molecule is Cc1c(C(=O)Nc2cccc(Cl)c2)nnn1-c1cc(F)ccc1F. The lowest BCUT2D eigenvalue weighted by Gasteiger charge is -2.06. The summed E-state index contributed by atoms with van der Waals surface area (Å²) in [7, 11) is 0. The Kier molecular flexibility index (Phi) is 4.26. The summed E-state index contributed by atoms with van der Waals surface area (Å²) < 4.78 is 28.3. The monoisotopic (exact) mass is 348 g/mol. The largest absolute Gasteiger partial charge is 0.320 e. The third kappa shape index (κ3) is 3.11. The number of amides is 1. The lowest BCUT2D eigenvalue weighted by atomic mass is 10.2. The summed E-state index contributed by atoms with van der Waals surface area (Å²) in [6.07, 6.45) is 0. The fourth-order valence-electron chi connectivity index (χ4n) is 2.17. The quantitative estimate of drug-likeness (QED) is 0.784. The summed E-state index contributed by atoms with van der Waals surface area (Å²) in [5.74, 6) is -1.82. The molecule has 0 saturated heterocycles. The Labute approximate surface area is 140 Å². The molecule has 0 aliphatic heterocycles. The van der Waals surface area contributed by atoms with Gasteiger partial charge in [-0.25, -0.2) is 13.5 Å². The molecule has 1 N–H and O–H groups in total. The summed E-state index contributed by atoms with van der Waals surface area (Å²) in [4.78, 5) is 12.3. The van der Waals surface area contributed by atoms with Crippen LogP contribution in [0.4, 0.5) is 14.5 Å². The van der Waals surface area contributed by atoms with E-state index in [0.29, 0.717) is 10.7 Å². The van der Waals surface area contributed by atoms with Gasteiger partial charge in [0.25, 0.3) is 5.91 Å². The summed E-state index contributed by atoms with van der Waals surface area (Å²) >= 11 is 5.86. The minimum atomic E-state index is -0.675. The van der Waals surface area contributed by atoms with Gasteiger partial charge in [-0.2, -0.15) is 0 Å². The first-order valence-electron chi connectivity index (χ1n) is 6.90. The molecule has 0 radical (unpaired) electrons. The summed E-state index contributed by atoms with van der Waals surface area (Å²) in [5, 5.41) is 10.6. The van der Waals surface area contributed by atoms with Crippen molar-refractivity contribution >= 4 is 23.2 Å². The van der Waals surface area contributed by atoms with Crippen molar-refractivity contribution in [2.45, 2.75) is 6.92 Å². The Hall–Kier alpha value is -2.80. The average Bonchev–Trinajstić information content (AvgIpc) is 2.91. The van der Waals surface area contributed by atoms with E-state index in [9.17, 15) is 13.6 Å². The fraction of sp³-hybridized carbons (Fsp3) is 0.0625. The molecule has 8 heteroatoms. The van der Waals surface area contributed by atoms with Crippen molar-refractivity contribution in [1.29, 1.82) is 0 Å². The molecule has 122 valence electrons. The topological polar surface area (TPSA) is 59.8 Å². The maximum atomic E-state index is 13.9. The number of halogens is 3. The highest BCUT2D eigenvalue weighted by atomic mass is 35.5. The highest BCUT2D eigenvalue weighted by Gasteiger charge is 2.19. The molecule has 0 fully saturated rings. The molecule has 0 atom stereocenters. The highest BCUT2D eigenvalue weighted by Crippen LogP contribution is 2.19. The molecule has 24 heavy (non-hydrogen) atoms. The highest BCUT2D eigenvalue weighted by molar-refractivity contribution is 6.30. The Bertz CT molecular complexity index is 926. The Morgan fingerprint density at radius 3 is 2.75 bits per heavy atom. The van der Waals surface area contributed by atoms with E-state index in [2.05, 4.69) is 15.6 Å². The van der Waals surface area contributed by atoms with E-state index in [1.165, 1.54) is 6.92 Å². The van der Waals surface area contributed by atoms with Gasteiger partial charge in [-0.3, -0.25) is 4.79 Å². The maximum Gasteiger partial charge on any atom is 0.278 e. The van der Waals surface area contributed by atoms with Gasteiger partial charge in [0.2, 0.25) is 0 Å². The minimum absolute atomic E-state index is 0.00126. The Balaban J connectivity index is 1.92. The van der Waals surface area contributed by atoms with E-state index in [1.807, 2.05) is 0 Å². The number of benzene rings is 2. The van der Waals surface area contributed by atoms with E-state index in [4.69, 9.17) is 11.6 Å². The van der Waals surface area contributed by atoms with Crippen LogP contribution in [0.1, 0.15) is 16.2 Å². The lowest BCUT2D eigenvalue weighted by Crippen LogP contribution is -2.14. The second-order valence-electron chi connectivity index (χ2n) is 5.00. The zero-order valence-electron chi connectivity index (χ0n) is 12.4. The molecule has 1 amide bonds. The molecule has 0 aliphatic carbocycles. The molecular weight excluding hydrogens is 338 g/mol. The van der Waals surface area contributed by atoms with Crippen LogP contribution < -0.4 is 5.32 Å². The Morgan fingerprint density at radius 1 is 1.21 bits per heavy atom. The van der Waals surface area contributed by atoms with E-state index in [-0.39, 0.29) is 17.1 Å². The van der Waals surface area contributed by atoms with Crippen molar-refractivity contribution in [3.8, 4) is 5.69 Å². The fourth-order valence-corrected chi connectivity index (χ4v) is 2.36. The van der Waals surface area contributed by atoms with E-state index >= 15 is 0 Å². The van der Waals surface area contributed by atoms with Crippen LogP contribution in [0.3, 0.4) is 0 Å². The standard InChI is InChI=1S/C16H11ClF2N4O/c1-9-15(16(24)20-12-4-2-3-10(17)7-12)21-22-23(9)14-8-11(18)5-6-13(14)19/h2-8H,1H3,(H,20,24). The van der Waals surface area contributed by atoms with E-state index < -0.39 is 17.5 Å². The summed E-state index contributed by atoms with van der Waals surface area (Å²) in [6, 6.07) is 9.56. The van der Waals surface area contributed by atoms with Gasteiger partial charge in [0.05, 0.1) is 5.69 Å². The smallest absolute Gasteiger partial charge is 0.278 e. The minimum Gasteiger partial charge on any atom is -0.320 e. The van der Waals surface area contributed by atoms with E-state index in [1.54, 1.807) is 24.3 Å². The third-order valence-corrected chi connectivity index (χ3v) is 3.56. The van der Waals surface area contributed by atoms with Gasteiger partial charge in [-0.05, 0) is 37.3 Å². The predicted molar refractivity (Wildman–Crippen MR) is 85.4 cm³/mol. The first-order chi connectivity index (χ1) is 11.5. The van der Waals surface area contributed by atoms with Crippen molar-refractivity contribution in [2.24, 2.45) is 0 Å². The number of nitrogens with zero attached hydrogens (tertiary/aromatic N) is 3. The molecule has 2 aromatic carbocycles. The second-order valence-corrected chi connectivity index (χ2v) is 5.43. The van der Waals surface area contributed by atoms with Crippen LogP contribution >= 0.6 is 11.6 Å². The zero-order chi connectivity index (χ0) is 17.3. The van der Waals surface area contributed by atoms with Crippen molar-refractivity contribution < 1.29 is 13.6 Å². The van der Waals surface area contributed by atoms with Crippen molar-refractivity contribution in [3.63, 3.8) is 0 Å². The van der Waals surface area contributed by atoms with Crippen molar-refractivity contribution in [3.05, 3.63) is 70.5 Å². The van der Waals surface area contributed by atoms with Gasteiger partial charge in [0, 0.05) is 16.8 Å². The van der Waals surface area contributed by atoms with Crippen LogP contribution in [0.25, 0.3) is 5.69 Å². The number of anilines is 1. The van der Waals surface area contributed by atoms with Gasteiger partial charge >= 0.3 is 0 Å². The van der Waals surface area contributed by atoms with Crippen LogP contribution in [0.15, 0.2) is 42.5 Å². The molecule has 3 rings (SSSR count). The van der Waals surface area contributed by atoms with Crippen LogP contribution in [0.2, 0.25) is 5.02 Å². The average molecular weight is 349 g/mol. The first kappa shape index (κ1) is 16.1. The number of rotatable bonds is 3. The number of nitrogens with one attached hydrogen (secondary N) is 1. The van der Waals surface area contributed by atoms with Gasteiger partial charge in [-0.1, -0.05) is 22.9 Å². The van der Waals surface area contributed by atoms with Crippen LogP contribution in [0, 0.1) is 18.6 Å². The van der Waals surface area contributed by atoms with E-state index in [0.717, 1.165) is 22.9 Å². The van der Waals surface area contributed by atoms with Crippen LogP contribution in [-0.2, 0) is 0 Å². The molecule has 0 spiro atoms. The molecule has 0 saturated carbocycles. The molecule has 3 aromatic rings. The number of carbonyl (C=O) groups is 1. The van der Waals surface area contributed by atoms with Crippen molar-refractivity contribution in [1.82, 2.24) is 15.0 Å². The third-order valence-electron chi connectivity index (χ3n) is 3.33. The first-order valence-corrected chi connectivity index (χ1v) is 7.28. The lowest BCUT2D eigenvalue weighted by molar-refractivity contribution is 0.102. The maximum absolute atomic E-state index is 13.9. The molecule has 0 bridgehead atoms. The van der Waals surface area contributed by atoms with Gasteiger partial charge in [0.1, 0.15) is 17.3 Å². The predicted octanol–water partition coefficient (Wildman–Crippen LogP) is 3.76. The van der Waals surface area contributed by atoms with Gasteiger partial charge in [-0.15, -0.1) is 5.10 Å². The van der Waals surface area contributed by atoms with Crippen molar-refractivity contribution in [2.75, 3.05) is 5.32 Å². The number of hydrogen-bond acceptors (Lipinski definition) is 3. The van der Waals surface area contributed by atoms with Crippen LogP contribution in [0.5, 0.6) is 0 Å². The van der Waals surface area contributed by atoms with Crippen LogP contribution in [-0.4, -0.2) is 20.9 Å². The molecule has 0 aliphatic rings. The second kappa shape index (κ2) is 6.37. The van der Waals surface area contributed by atoms with Gasteiger partial charge in [0.15, 0.2) is 5.69 Å². The molecule has 1 aromatic heterocycles. The zero-order valence-corrected chi connectivity index (χ0v) is 13.2. The number of aromatic nitrogens is 3. The molecule has 5 nitrogen and oxygen atoms in total. The Morgan fingerprint density at radius 2 is 2.00 bits per heavy atom. The van der Waals surface area contributed by atoms with Gasteiger partial charge < -0.3 is 5.32 Å². The molecule has 1 heterocycles. The summed E-state index contributed by atoms with van der Waals surface area (Å²) in [6.45, 7) is 1.54. The summed E-state index contributed by atoms with van der Waals surface area (Å²) in [5.41, 5.74) is 0.637. The molecular formula is C16H11ClF2N4O.